The highest BCUT2D eigenvalue weighted by Crippen LogP contribution is 2.23. The zero-order valence-corrected chi connectivity index (χ0v) is 10.5. The first-order valence-corrected chi connectivity index (χ1v) is 5.78. The molecule has 0 fully saturated rings. The Morgan fingerprint density at radius 2 is 2.18 bits per heavy atom. The maximum Gasteiger partial charge on any atom is 0.257 e. The lowest BCUT2D eigenvalue weighted by atomic mass is 10.1. The maximum atomic E-state index is 5.98. The molecule has 4 nitrogen and oxygen atoms in total. The summed E-state index contributed by atoms with van der Waals surface area (Å²) in [6.07, 6.45) is 0.600. The highest BCUT2D eigenvalue weighted by molar-refractivity contribution is 6.30. The van der Waals surface area contributed by atoms with Gasteiger partial charge in [-0.05, 0) is 37.6 Å². The van der Waals surface area contributed by atoms with Gasteiger partial charge in [0.25, 0.3) is 5.89 Å². The van der Waals surface area contributed by atoms with Crippen molar-refractivity contribution in [2.45, 2.75) is 26.3 Å². The predicted molar refractivity (Wildman–Crippen MR) is 66.8 cm³/mol. The Morgan fingerprint density at radius 1 is 1.41 bits per heavy atom. The summed E-state index contributed by atoms with van der Waals surface area (Å²) in [6, 6.07) is 5.65. The third-order valence-corrected chi connectivity index (χ3v) is 2.48. The van der Waals surface area contributed by atoms with Crippen LogP contribution >= 0.6 is 11.6 Å². The Balaban J connectivity index is 2.30. The van der Waals surface area contributed by atoms with Gasteiger partial charge < -0.3 is 10.3 Å². The molecule has 1 unspecified atom stereocenters. The minimum atomic E-state index is 0.0153. The van der Waals surface area contributed by atoms with Crippen LogP contribution in [-0.4, -0.2) is 16.2 Å². The van der Waals surface area contributed by atoms with Crippen molar-refractivity contribution in [1.29, 1.82) is 0 Å². The molecule has 1 atom stereocenters. The fourth-order valence-electron chi connectivity index (χ4n) is 1.60. The zero-order valence-electron chi connectivity index (χ0n) is 9.77. The van der Waals surface area contributed by atoms with Crippen molar-refractivity contribution in [2.24, 2.45) is 5.73 Å². The Labute approximate surface area is 105 Å². The van der Waals surface area contributed by atoms with Crippen LogP contribution in [0.4, 0.5) is 0 Å². The van der Waals surface area contributed by atoms with Gasteiger partial charge in [-0.15, -0.1) is 0 Å². The summed E-state index contributed by atoms with van der Waals surface area (Å²) in [4.78, 5) is 4.29. The van der Waals surface area contributed by atoms with E-state index in [-0.39, 0.29) is 6.04 Å². The topological polar surface area (TPSA) is 64.9 Å². The van der Waals surface area contributed by atoms with Crippen LogP contribution in [0.5, 0.6) is 0 Å². The molecule has 0 bridgehead atoms. The first-order chi connectivity index (χ1) is 8.04. The lowest BCUT2D eigenvalue weighted by molar-refractivity contribution is 0.420. The summed E-state index contributed by atoms with van der Waals surface area (Å²) in [5.41, 5.74) is 7.56. The third kappa shape index (κ3) is 3.05. The Hall–Kier alpha value is -1.39. The van der Waals surface area contributed by atoms with Crippen molar-refractivity contribution in [2.75, 3.05) is 0 Å². The van der Waals surface area contributed by atoms with Crippen LogP contribution < -0.4 is 5.73 Å². The van der Waals surface area contributed by atoms with E-state index in [4.69, 9.17) is 21.9 Å². The molecule has 0 spiro atoms. The molecule has 1 heterocycles. The molecule has 2 rings (SSSR count). The normalized spacial score (nSPS) is 12.7. The number of benzene rings is 1. The maximum absolute atomic E-state index is 5.98. The number of nitrogens with zero attached hydrogens (tertiary/aromatic N) is 2. The van der Waals surface area contributed by atoms with E-state index in [1.54, 1.807) is 6.07 Å². The van der Waals surface area contributed by atoms with Gasteiger partial charge in [0.15, 0.2) is 5.82 Å². The second kappa shape index (κ2) is 4.85. The highest BCUT2D eigenvalue weighted by atomic mass is 35.5. The summed E-state index contributed by atoms with van der Waals surface area (Å²) in [5.74, 6) is 1.10. The van der Waals surface area contributed by atoms with Gasteiger partial charge in [-0.2, -0.15) is 4.98 Å². The smallest absolute Gasteiger partial charge is 0.257 e. The number of halogens is 1. The molecule has 0 saturated carbocycles. The number of hydrogen-bond acceptors (Lipinski definition) is 4. The molecule has 0 radical (unpaired) electrons. The third-order valence-electron chi connectivity index (χ3n) is 2.26. The largest absolute Gasteiger partial charge is 0.334 e. The van der Waals surface area contributed by atoms with Gasteiger partial charge in [-0.3, -0.25) is 0 Å². The summed E-state index contributed by atoms with van der Waals surface area (Å²) in [6.45, 7) is 3.87. The second-order valence-electron chi connectivity index (χ2n) is 4.21. The van der Waals surface area contributed by atoms with Crippen LogP contribution in [0.25, 0.3) is 11.5 Å². The Morgan fingerprint density at radius 3 is 2.82 bits per heavy atom. The summed E-state index contributed by atoms with van der Waals surface area (Å²) >= 11 is 5.98. The molecule has 1 aromatic heterocycles. The van der Waals surface area contributed by atoms with E-state index in [2.05, 4.69) is 10.1 Å². The van der Waals surface area contributed by atoms with E-state index in [9.17, 15) is 0 Å². The Kier molecular flexibility index (Phi) is 3.45. The standard InChI is InChI=1S/C12H14ClN3O/c1-7-3-9(6-10(13)4-7)12-15-11(16-17-12)5-8(2)14/h3-4,6,8H,5,14H2,1-2H3. The number of rotatable bonds is 3. The first kappa shape index (κ1) is 12.1. The summed E-state index contributed by atoms with van der Waals surface area (Å²) in [7, 11) is 0. The van der Waals surface area contributed by atoms with Crippen molar-refractivity contribution in [3.63, 3.8) is 0 Å². The molecule has 0 amide bonds. The number of hydrogen-bond donors (Lipinski definition) is 1. The van der Waals surface area contributed by atoms with Gasteiger partial charge in [-0.25, -0.2) is 0 Å². The lowest BCUT2D eigenvalue weighted by Gasteiger charge is -1.99. The van der Waals surface area contributed by atoms with Gasteiger partial charge in [0.2, 0.25) is 0 Å². The van der Waals surface area contributed by atoms with Gasteiger partial charge in [0, 0.05) is 23.0 Å². The fourth-order valence-corrected chi connectivity index (χ4v) is 1.89. The van der Waals surface area contributed by atoms with Crippen molar-refractivity contribution in [3.05, 3.63) is 34.6 Å². The van der Waals surface area contributed by atoms with E-state index in [0.717, 1.165) is 11.1 Å². The first-order valence-electron chi connectivity index (χ1n) is 5.40. The van der Waals surface area contributed by atoms with Crippen LogP contribution in [0.1, 0.15) is 18.3 Å². The monoisotopic (exact) mass is 251 g/mol. The van der Waals surface area contributed by atoms with E-state index in [1.165, 1.54) is 0 Å². The van der Waals surface area contributed by atoms with Crippen LogP contribution in [-0.2, 0) is 6.42 Å². The van der Waals surface area contributed by atoms with Crippen molar-refractivity contribution in [1.82, 2.24) is 10.1 Å². The average Bonchev–Trinajstić information content (AvgIpc) is 2.63. The van der Waals surface area contributed by atoms with Gasteiger partial charge in [-0.1, -0.05) is 16.8 Å². The molecule has 0 saturated heterocycles. The molecule has 0 aliphatic heterocycles. The molecule has 17 heavy (non-hydrogen) atoms. The molecule has 0 aliphatic rings. The van der Waals surface area contributed by atoms with Crippen molar-refractivity contribution >= 4 is 11.6 Å². The van der Waals surface area contributed by atoms with E-state index >= 15 is 0 Å². The average molecular weight is 252 g/mol. The van der Waals surface area contributed by atoms with E-state index in [1.807, 2.05) is 26.0 Å². The van der Waals surface area contributed by atoms with Crippen LogP contribution in [0, 0.1) is 6.92 Å². The molecule has 90 valence electrons. The van der Waals surface area contributed by atoms with Crippen LogP contribution in [0.3, 0.4) is 0 Å². The minimum absolute atomic E-state index is 0.0153. The molecular weight excluding hydrogens is 238 g/mol. The molecule has 1 aromatic carbocycles. The van der Waals surface area contributed by atoms with Crippen molar-refractivity contribution in [3.8, 4) is 11.5 Å². The number of nitrogens with two attached hydrogens (primary N) is 1. The van der Waals surface area contributed by atoms with Gasteiger partial charge in [0.1, 0.15) is 0 Å². The SMILES string of the molecule is Cc1cc(Cl)cc(-c2nc(CC(C)N)no2)c1. The van der Waals surface area contributed by atoms with Crippen molar-refractivity contribution < 1.29 is 4.52 Å². The van der Waals surface area contributed by atoms with Gasteiger partial charge in [0.05, 0.1) is 0 Å². The fraction of sp³-hybridized carbons (Fsp3) is 0.333. The quantitative estimate of drug-likeness (QED) is 0.911. The Bertz CT molecular complexity index is 502. The summed E-state index contributed by atoms with van der Waals surface area (Å²) in [5, 5.41) is 4.54. The minimum Gasteiger partial charge on any atom is -0.334 e. The summed E-state index contributed by atoms with van der Waals surface area (Å²) < 4.78 is 5.19. The number of aryl methyl sites for hydroxylation is 1. The lowest BCUT2D eigenvalue weighted by Crippen LogP contribution is -2.18. The highest BCUT2D eigenvalue weighted by Gasteiger charge is 2.11. The molecule has 5 heteroatoms. The molecular formula is C12H14ClN3O. The molecule has 2 aromatic rings. The van der Waals surface area contributed by atoms with E-state index < -0.39 is 0 Å². The van der Waals surface area contributed by atoms with Gasteiger partial charge >= 0.3 is 0 Å². The molecule has 0 aliphatic carbocycles. The van der Waals surface area contributed by atoms with E-state index in [0.29, 0.717) is 23.2 Å². The molecule has 2 N–H and O–H groups in total. The number of aromatic nitrogens is 2. The van der Waals surface area contributed by atoms with Crippen LogP contribution in [0.2, 0.25) is 5.02 Å². The van der Waals surface area contributed by atoms with Crippen LogP contribution in [0.15, 0.2) is 22.7 Å². The predicted octanol–water partition coefficient (Wildman–Crippen LogP) is 2.59. The second-order valence-corrected chi connectivity index (χ2v) is 4.65. The zero-order chi connectivity index (χ0) is 12.4.